The number of amides is 2. The van der Waals surface area contributed by atoms with Crippen LogP contribution in [0, 0.1) is 0 Å². The van der Waals surface area contributed by atoms with E-state index in [9.17, 15) is 9.59 Å². The van der Waals surface area contributed by atoms with Crippen LogP contribution in [0.1, 0.15) is 46.5 Å². The first-order chi connectivity index (χ1) is 14.3. The number of hydrogen-bond donors (Lipinski definition) is 6. The van der Waals surface area contributed by atoms with Gasteiger partial charge in [0.2, 0.25) is 5.91 Å². The van der Waals surface area contributed by atoms with Crippen LogP contribution in [-0.2, 0) is 14.3 Å². The van der Waals surface area contributed by atoms with Gasteiger partial charge >= 0.3 is 6.09 Å². The van der Waals surface area contributed by atoms with E-state index in [0.717, 1.165) is 38.8 Å². The van der Waals surface area contributed by atoms with Gasteiger partial charge in [-0.25, -0.2) is 4.79 Å². The van der Waals surface area contributed by atoms with Crippen molar-refractivity contribution >= 4 is 12.0 Å². The van der Waals surface area contributed by atoms with Crippen molar-refractivity contribution in [3.63, 3.8) is 0 Å². The first-order valence-corrected chi connectivity index (χ1v) is 11.0. The van der Waals surface area contributed by atoms with E-state index >= 15 is 0 Å². The molecular weight excluding hydrogens is 388 g/mol. The van der Waals surface area contributed by atoms with Crippen molar-refractivity contribution in [1.29, 1.82) is 0 Å². The van der Waals surface area contributed by atoms with Crippen LogP contribution >= 0.6 is 0 Å². The van der Waals surface area contributed by atoms with Crippen LogP contribution in [0.15, 0.2) is 0 Å². The van der Waals surface area contributed by atoms with Gasteiger partial charge in [-0.05, 0) is 79.2 Å². The van der Waals surface area contributed by atoms with Crippen LogP contribution < -0.4 is 32.7 Å². The zero-order valence-corrected chi connectivity index (χ0v) is 19.1. The second-order valence-corrected chi connectivity index (χ2v) is 8.02. The highest BCUT2D eigenvalue weighted by molar-refractivity contribution is 5.81. The van der Waals surface area contributed by atoms with Crippen molar-refractivity contribution in [1.82, 2.24) is 21.3 Å². The normalized spacial score (nSPS) is 12.4. The molecule has 10 nitrogen and oxygen atoms in total. The van der Waals surface area contributed by atoms with Crippen LogP contribution in [0.4, 0.5) is 4.79 Å². The maximum absolute atomic E-state index is 12.4. The van der Waals surface area contributed by atoms with Crippen molar-refractivity contribution in [3.05, 3.63) is 0 Å². The highest BCUT2D eigenvalue weighted by Crippen LogP contribution is 2.06. The average molecular weight is 433 g/mol. The maximum atomic E-state index is 12.4. The van der Waals surface area contributed by atoms with Crippen LogP contribution in [0.25, 0.3) is 0 Å². The number of carbonyl (C=O) groups is 2. The number of alkyl carbamates (subject to hydrolysis) is 1. The van der Waals surface area contributed by atoms with E-state index in [1.165, 1.54) is 0 Å². The molecule has 0 saturated carbocycles. The van der Waals surface area contributed by atoms with Gasteiger partial charge in [0.15, 0.2) is 0 Å². The van der Waals surface area contributed by atoms with Gasteiger partial charge in [-0.3, -0.25) is 4.79 Å². The Bertz CT molecular complexity index is 446. The molecule has 0 spiro atoms. The van der Waals surface area contributed by atoms with E-state index in [0.29, 0.717) is 45.9 Å². The first-order valence-electron chi connectivity index (χ1n) is 11.0. The lowest BCUT2D eigenvalue weighted by Gasteiger charge is -2.19. The summed E-state index contributed by atoms with van der Waals surface area (Å²) in [5, 5.41) is 12.1. The standard InChI is InChI=1S/C20H44N6O4/c1-20(2,3)30-19(28)26-14-16-29-15-13-25-18(27)17(24-12-6-9-22)7-4-10-23-11-5-8-21/h17,23-24H,4-16,21-22H2,1-3H3,(H,25,27)(H,26,28). The summed E-state index contributed by atoms with van der Waals surface area (Å²) in [6.45, 7) is 10.6. The van der Waals surface area contributed by atoms with Crippen LogP contribution in [-0.4, -0.2) is 82.7 Å². The highest BCUT2D eigenvalue weighted by Gasteiger charge is 2.17. The fourth-order valence-electron chi connectivity index (χ4n) is 2.50. The van der Waals surface area contributed by atoms with Crippen molar-refractivity contribution in [3.8, 4) is 0 Å². The second kappa shape index (κ2) is 18.3. The molecule has 2 amide bonds. The van der Waals surface area contributed by atoms with Crippen LogP contribution in [0.5, 0.6) is 0 Å². The Morgan fingerprint density at radius 1 is 0.867 bits per heavy atom. The molecule has 1 atom stereocenters. The molecule has 10 heteroatoms. The molecule has 0 aromatic heterocycles. The second-order valence-electron chi connectivity index (χ2n) is 8.02. The minimum atomic E-state index is -0.523. The third-order valence-corrected chi connectivity index (χ3v) is 3.95. The van der Waals surface area contributed by atoms with Crippen LogP contribution in [0.3, 0.4) is 0 Å². The molecular formula is C20H44N6O4. The van der Waals surface area contributed by atoms with E-state index in [2.05, 4.69) is 21.3 Å². The first kappa shape index (κ1) is 28.5. The summed E-state index contributed by atoms with van der Waals surface area (Å²) in [5.41, 5.74) is 10.5. The fourth-order valence-corrected chi connectivity index (χ4v) is 2.50. The topological polar surface area (TPSA) is 153 Å². The SMILES string of the molecule is CC(C)(C)OC(=O)NCCOCCNC(=O)C(CCCNCCCN)NCCCN. The van der Waals surface area contributed by atoms with Gasteiger partial charge in [-0.15, -0.1) is 0 Å². The molecule has 0 aliphatic heterocycles. The molecule has 178 valence electrons. The third kappa shape index (κ3) is 18.6. The van der Waals surface area contributed by atoms with Crippen molar-refractivity contribution in [2.75, 3.05) is 59.0 Å². The number of ether oxygens (including phenoxy) is 2. The molecule has 0 aromatic rings. The monoisotopic (exact) mass is 432 g/mol. The van der Waals surface area contributed by atoms with Gasteiger partial charge in [0.1, 0.15) is 5.60 Å². The molecule has 0 radical (unpaired) electrons. The summed E-state index contributed by atoms with van der Waals surface area (Å²) in [6.07, 6.45) is 2.94. The molecule has 30 heavy (non-hydrogen) atoms. The number of nitrogens with two attached hydrogens (primary N) is 2. The number of hydrogen-bond acceptors (Lipinski definition) is 8. The summed E-state index contributed by atoms with van der Waals surface area (Å²) in [7, 11) is 0. The number of rotatable bonds is 18. The quantitative estimate of drug-likeness (QED) is 0.161. The Morgan fingerprint density at radius 2 is 1.47 bits per heavy atom. The highest BCUT2D eigenvalue weighted by atomic mass is 16.6. The van der Waals surface area contributed by atoms with Gasteiger partial charge in [0.05, 0.1) is 19.3 Å². The lowest BCUT2D eigenvalue weighted by Crippen LogP contribution is -2.46. The molecule has 0 bridgehead atoms. The smallest absolute Gasteiger partial charge is 0.407 e. The molecule has 0 saturated heterocycles. The Balaban J connectivity index is 3.95. The molecule has 8 N–H and O–H groups in total. The number of nitrogens with one attached hydrogen (secondary N) is 4. The fraction of sp³-hybridized carbons (Fsp3) is 0.900. The number of carbonyl (C=O) groups excluding carboxylic acids is 2. The van der Waals surface area contributed by atoms with Crippen LogP contribution in [0.2, 0.25) is 0 Å². The van der Waals surface area contributed by atoms with E-state index in [-0.39, 0.29) is 11.9 Å². The molecule has 0 aromatic carbocycles. The predicted molar refractivity (Wildman–Crippen MR) is 119 cm³/mol. The minimum absolute atomic E-state index is 0.0375. The summed E-state index contributed by atoms with van der Waals surface area (Å²) in [4.78, 5) is 24.0. The molecule has 0 rings (SSSR count). The Labute approximate surface area is 181 Å². The van der Waals surface area contributed by atoms with Gasteiger partial charge in [-0.2, -0.15) is 0 Å². The molecule has 0 aliphatic carbocycles. The maximum Gasteiger partial charge on any atom is 0.407 e. The Morgan fingerprint density at radius 3 is 2.10 bits per heavy atom. The van der Waals surface area contributed by atoms with Crippen molar-refractivity contribution < 1.29 is 19.1 Å². The van der Waals surface area contributed by atoms with Crippen molar-refractivity contribution in [2.24, 2.45) is 11.5 Å². The van der Waals surface area contributed by atoms with E-state index in [1.54, 1.807) is 0 Å². The third-order valence-electron chi connectivity index (χ3n) is 3.95. The molecule has 0 fully saturated rings. The predicted octanol–water partition coefficient (Wildman–Crippen LogP) is -0.330. The summed E-state index contributed by atoms with van der Waals surface area (Å²) < 4.78 is 10.6. The summed E-state index contributed by atoms with van der Waals surface area (Å²) >= 11 is 0. The average Bonchev–Trinajstić information content (AvgIpc) is 2.67. The van der Waals surface area contributed by atoms with Gasteiger partial charge in [0.25, 0.3) is 0 Å². The molecule has 0 heterocycles. The van der Waals surface area contributed by atoms with Gasteiger partial charge in [0, 0.05) is 13.1 Å². The lowest BCUT2D eigenvalue weighted by molar-refractivity contribution is -0.123. The Hall–Kier alpha value is -1.46. The largest absolute Gasteiger partial charge is 0.444 e. The zero-order chi connectivity index (χ0) is 22.7. The van der Waals surface area contributed by atoms with E-state index in [4.69, 9.17) is 20.9 Å². The van der Waals surface area contributed by atoms with Gasteiger partial charge < -0.3 is 42.2 Å². The van der Waals surface area contributed by atoms with E-state index in [1.807, 2.05) is 20.8 Å². The van der Waals surface area contributed by atoms with Gasteiger partial charge in [-0.1, -0.05) is 0 Å². The Kier molecular flexibility index (Phi) is 17.4. The lowest BCUT2D eigenvalue weighted by atomic mass is 10.1. The summed E-state index contributed by atoms with van der Waals surface area (Å²) in [6, 6.07) is -0.248. The van der Waals surface area contributed by atoms with E-state index < -0.39 is 11.7 Å². The minimum Gasteiger partial charge on any atom is -0.444 e. The zero-order valence-electron chi connectivity index (χ0n) is 19.1. The summed E-state index contributed by atoms with van der Waals surface area (Å²) in [5.74, 6) is -0.0375. The molecule has 0 aliphatic rings. The molecule has 1 unspecified atom stereocenters. The van der Waals surface area contributed by atoms with Crippen molar-refractivity contribution in [2.45, 2.75) is 58.1 Å².